The molecule has 1 heterocycles. The topological polar surface area (TPSA) is 50.4 Å². The number of halogens is 2. The normalized spacial score (nSPS) is 19.2. The summed E-state index contributed by atoms with van der Waals surface area (Å²) >= 11 is 0. The van der Waals surface area contributed by atoms with Crippen molar-refractivity contribution in [2.24, 2.45) is 0 Å². The number of carbonyl (C=O) groups is 1. The van der Waals surface area contributed by atoms with Gasteiger partial charge in [0.1, 0.15) is 5.82 Å². The molecular formula is C10H10F2N2O2. The molecule has 1 fully saturated rings. The zero-order chi connectivity index (χ0) is 11.7. The lowest BCUT2D eigenvalue weighted by Crippen LogP contribution is -2.22. The van der Waals surface area contributed by atoms with Gasteiger partial charge < -0.3 is 15.4 Å². The predicted octanol–water partition coefficient (Wildman–Crippen LogP) is 1.33. The van der Waals surface area contributed by atoms with Gasteiger partial charge in [0, 0.05) is 18.2 Å². The van der Waals surface area contributed by atoms with Crippen LogP contribution in [-0.2, 0) is 0 Å². The van der Waals surface area contributed by atoms with E-state index >= 15 is 0 Å². The number of amides is 2. The van der Waals surface area contributed by atoms with Crippen LogP contribution in [0.5, 0.6) is 5.75 Å². The summed E-state index contributed by atoms with van der Waals surface area (Å²) in [4.78, 5) is 10.9. The first kappa shape index (κ1) is 10.7. The first-order valence-corrected chi connectivity index (χ1v) is 4.69. The molecule has 1 aliphatic heterocycles. The highest BCUT2D eigenvalue weighted by molar-refractivity contribution is 5.76. The molecule has 1 atom stereocenters. The minimum absolute atomic E-state index is 0.108. The Morgan fingerprint density at radius 1 is 1.38 bits per heavy atom. The zero-order valence-corrected chi connectivity index (χ0v) is 8.51. The number of benzene rings is 1. The van der Waals surface area contributed by atoms with Crippen LogP contribution >= 0.6 is 0 Å². The van der Waals surface area contributed by atoms with Crippen molar-refractivity contribution in [3.63, 3.8) is 0 Å². The van der Waals surface area contributed by atoms with Gasteiger partial charge in [0.25, 0.3) is 0 Å². The molecule has 2 N–H and O–H groups in total. The Hall–Kier alpha value is -1.85. The van der Waals surface area contributed by atoms with Crippen molar-refractivity contribution in [1.82, 2.24) is 10.6 Å². The molecule has 0 saturated carbocycles. The van der Waals surface area contributed by atoms with Crippen LogP contribution in [0.2, 0.25) is 0 Å². The second kappa shape index (κ2) is 3.96. The summed E-state index contributed by atoms with van der Waals surface area (Å²) in [6.45, 7) is 0.238. The van der Waals surface area contributed by atoms with E-state index in [4.69, 9.17) is 0 Å². The molecular weight excluding hydrogens is 218 g/mol. The lowest BCUT2D eigenvalue weighted by atomic mass is 10.1. The van der Waals surface area contributed by atoms with Gasteiger partial charge in [-0.25, -0.2) is 13.6 Å². The second-order valence-electron chi connectivity index (χ2n) is 3.42. The van der Waals surface area contributed by atoms with Crippen LogP contribution in [0.4, 0.5) is 13.6 Å². The molecule has 16 heavy (non-hydrogen) atoms. The summed E-state index contributed by atoms with van der Waals surface area (Å²) in [7, 11) is 1.26. The van der Waals surface area contributed by atoms with Crippen LogP contribution in [0, 0.1) is 11.6 Å². The quantitative estimate of drug-likeness (QED) is 0.802. The molecule has 2 rings (SSSR count). The van der Waals surface area contributed by atoms with Crippen LogP contribution < -0.4 is 15.4 Å². The van der Waals surface area contributed by atoms with Crippen molar-refractivity contribution in [3.8, 4) is 5.75 Å². The first-order valence-electron chi connectivity index (χ1n) is 4.69. The molecule has 6 heteroatoms. The molecule has 2 amide bonds. The van der Waals surface area contributed by atoms with E-state index in [-0.39, 0.29) is 23.9 Å². The number of nitrogens with one attached hydrogen (secondary N) is 2. The van der Waals surface area contributed by atoms with Crippen molar-refractivity contribution in [2.45, 2.75) is 6.04 Å². The number of methoxy groups -OCH3 is 1. The standard InChI is InChI=1S/C10H10F2N2O2/c1-16-9-3-6(11)5(2-7(9)12)8-4-13-10(15)14-8/h2-3,8H,4H2,1H3,(H2,13,14,15). The molecule has 0 bridgehead atoms. The zero-order valence-electron chi connectivity index (χ0n) is 8.51. The van der Waals surface area contributed by atoms with Crippen LogP contribution in [0.15, 0.2) is 12.1 Å². The maximum absolute atomic E-state index is 13.6. The summed E-state index contributed by atoms with van der Waals surface area (Å²) in [6.07, 6.45) is 0. The predicted molar refractivity (Wildman–Crippen MR) is 52.2 cm³/mol. The Bertz CT molecular complexity index is 437. The molecule has 1 saturated heterocycles. The van der Waals surface area contributed by atoms with Gasteiger partial charge in [-0.05, 0) is 6.07 Å². The maximum Gasteiger partial charge on any atom is 0.315 e. The van der Waals surface area contributed by atoms with Gasteiger partial charge in [0.15, 0.2) is 11.6 Å². The average Bonchev–Trinajstić information content (AvgIpc) is 2.67. The third-order valence-electron chi connectivity index (χ3n) is 2.42. The van der Waals surface area contributed by atoms with E-state index in [1.807, 2.05) is 0 Å². The third-order valence-corrected chi connectivity index (χ3v) is 2.42. The lowest BCUT2D eigenvalue weighted by Gasteiger charge is -2.11. The number of hydrogen-bond acceptors (Lipinski definition) is 2. The van der Waals surface area contributed by atoms with Gasteiger partial charge in [-0.15, -0.1) is 0 Å². The van der Waals surface area contributed by atoms with Crippen molar-refractivity contribution in [2.75, 3.05) is 13.7 Å². The van der Waals surface area contributed by atoms with Crippen molar-refractivity contribution in [3.05, 3.63) is 29.3 Å². The summed E-state index contributed by atoms with van der Waals surface area (Å²) < 4.78 is 31.6. The Morgan fingerprint density at radius 2 is 2.12 bits per heavy atom. The van der Waals surface area contributed by atoms with Crippen LogP contribution in [-0.4, -0.2) is 19.7 Å². The summed E-state index contributed by atoms with van der Waals surface area (Å²) in [6, 6.07) is 1.06. The number of rotatable bonds is 2. The fraction of sp³-hybridized carbons (Fsp3) is 0.300. The van der Waals surface area contributed by atoms with Gasteiger partial charge in [-0.2, -0.15) is 0 Å². The van der Waals surface area contributed by atoms with Gasteiger partial charge in [0.2, 0.25) is 0 Å². The number of hydrogen-bond donors (Lipinski definition) is 2. The van der Waals surface area contributed by atoms with Gasteiger partial charge >= 0.3 is 6.03 Å². The Labute approximate surface area is 90.6 Å². The molecule has 4 nitrogen and oxygen atoms in total. The van der Waals surface area contributed by atoms with Gasteiger partial charge in [0.05, 0.1) is 13.2 Å². The van der Waals surface area contributed by atoms with E-state index in [0.717, 1.165) is 12.1 Å². The molecule has 0 radical (unpaired) electrons. The van der Waals surface area contributed by atoms with Crippen molar-refractivity contribution < 1.29 is 18.3 Å². The second-order valence-corrected chi connectivity index (χ2v) is 3.42. The van der Waals surface area contributed by atoms with Crippen LogP contribution in [0.25, 0.3) is 0 Å². The highest BCUT2D eigenvalue weighted by Gasteiger charge is 2.25. The van der Waals surface area contributed by atoms with Crippen LogP contribution in [0.3, 0.4) is 0 Å². The van der Waals surface area contributed by atoms with Crippen molar-refractivity contribution in [1.29, 1.82) is 0 Å². The minimum Gasteiger partial charge on any atom is -0.494 e. The fourth-order valence-electron chi connectivity index (χ4n) is 1.61. The van der Waals surface area contributed by atoms with E-state index in [0.29, 0.717) is 0 Å². The lowest BCUT2D eigenvalue weighted by molar-refractivity contribution is 0.247. The molecule has 86 valence electrons. The first-order chi connectivity index (χ1) is 7.61. The number of urea groups is 1. The minimum atomic E-state index is -0.653. The smallest absolute Gasteiger partial charge is 0.315 e. The fourth-order valence-corrected chi connectivity index (χ4v) is 1.61. The molecule has 1 aromatic carbocycles. The van der Waals surface area contributed by atoms with Crippen LogP contribution in [0.1, 0.15) is 11.6 Å². The largest absolute Gasteiger partial charge is 0.494 e. The SMILES string of the molecule is COc1cc(F)c(C2CNC(=O)N2)cc1F. The molecule has 1 unspecified atom stereocenters. The molecule has 1 aliphatic rings. The molecule has 0 aliphatic carbocycles. The Balaban J connectivity index is 2.34. The maximum atomic E-state index is 13.6. The molecule has 0 spiro atoms. The molecule has 1 aromatic rings. The number of ether oxygens (including phenoxy) is 1. The van der Waals surface area contributed by atoms with Gasteiger partial charge in [-0.1, -0.05) is 0 Å². The van der Waals surface area contributed by atoms with E-state index < -0.39 is 17.7 Å². The number of carbonyl (C=O) groups excluding carboxylic acids is 1. The Kier molecular flexibility index (Phi) is 2.64. The monoisotopic (exact) mass is 228 g/mol. The summed E-state index contributed by atoms with van der Waals surface area (Å²) in [5, 5.41) is 4.95. The average molecular weight is 228 g/mol. The summed E-state index contributed by atoms with van der Waals surface area (Å²) in [5.41, 5.74) is 0.108. The highest BCUT2D eigenvalue weighted by atomic mass is 19.1. The van der Waals surface area contributed by atoms with E-state index in [9.17, 15) is 13.6 Å². The van der Waals surface area contributed by atoms with Gasteiger partial charge in [-0.3, -0.25) is 0 Å². The third kappa shape index (κ3) is 1.78. The van der Waals surface area contributed by atoms with E-state index in [1.54, 1.807) is 0 Å². The highest BCUT2D eigenvalue weighted by Crippen LogP contribution is 2.26. The molecule has 0 aromatic heterocycles. The van der Waals surface area contributed by atoms with E-state index in [1.165, 1.54) is 7.11 Å². The summed E-state index contributed by atoms with van der Waals surface area (Å²) in [5.74, 6) is -1.41. The van der Waals surface area contributed by atoms with Crippen molar-refractivity contribution >= 4 is 6.03 Å². The van der Waals surface area contributed by atoms with E-state index in [2.05, 4.69) is 15.4 Å². The Morgan fingerprint density at radius 3 is 2.69 bits per heavy atom.